The summed E-state index contributed by atoms with van der Waals surface area (Å²) in [7, 11) is -3.61. The van der Waals surface area contributed by atoms with E-state index in [0.29, 0.717) is 11.7 Å². The van der Waals surface area contributed by atoms with Gasteiger partial charge >= 0.3 is 0 Å². The molecule has 2 aromatic heterocycles. The Kier molecular flexibility index (Phi) is 5.00. The molecule has 0 saturated carbocycles. The van der Waals surface area contributed by atoms with E-state index in [0.717, 1.165) is 17.0 Å². The van der Waals surface area contributed by atoms with Gasteiger partial charge in [0.1, 0.15) is 4.21 Å². The van der Waals surface area contributed by atoms with Gasteiger partial charge in [-0.05, 0) is 47.2 Å². The van der Waals surface area contributed by atoms with Crippen molar-refractivity contribution in [3.8, 4) is 0 Å². The Hall–Kier alpha value is -2.45. The maximum absolute atomic E-state index is 12.1. The monoisotopic (exact) mass is 374 g/mol. The Balaban J connectivity index is 1.68. The number of nitrogens with zero attached hydrogens (tertiary/aromatic N) is 2. The van der Waals surface area contributed by atoms with Gasteiger partial charge in [0.2, 0.25) is 0 Å². The minimum Gasteiger partial charge on any atom is -0.339 e. The Bertz CT molecular complexity index is 920. The van der Waals surface area contributed by atoms with E-state index in [1.54, 1.807) is 23.6 Å². The summed E-state index contributed by atoms with van der Waals surface area (Å²) in [5.74, 6) is 1.19. The van der Waals surface area contributed by atoms with E-state index in [2.05, 4.69) is 46.2 Å². The molecule has 25 heavy (non-hydrogen) atoms. The van der Waals surface area contributed by atoms with Gasteiger partial charge in [-0.2, -0.15) is 0 Å². The average molecular weight is 374 g/mol. The fourth-order valence-electron chi connectivity index (χ4n) is 2.16. The van der Waals surface area contributed by atoms with E-state index >= 15 is 0 Å². The second-order valence-corrected chi connectivity index (χ2v) is 8.60. The molecule has 0 unspecified atom stereocenters. The summed E-state index contributed by atoms with van der Waals surface area (Å²) in [5, 5.41) is 12.8. The quantitative estimate of drug-likeness (QED) is 0.675. The summed E-state index contributed by atoms with van der Waals surface area (Å²) in [6.45, 7) is 4.29. The first kappa shape index (κ1) is 17.4. The molecule has 8 heteroatoms. The molecule has 0 aliphatic heterocycles. The molecule has 6 nitrogen and oxygen atoms in total. The number of nitrogens with one attached hydrogen (secondary N) is 2. The Labute approximate surface area is 151 Å². The zero-order valence-electron chi connectivity index (χ0n) is 13.8. The van der Waals surface area contributed by atoms with Crippen molar-refractivity contribution >= 4 is 38.7 Å². The third-order valence-electron chi connectivity index (χ3n) is 3.51. The number of thiophene rings is 1. The van der Waals surface area contributed by atoms with E-state index in [-0.39, 0.29) is 10.0 Å². The summed E-state index contributed by atoms with van der Waals surface area (Å²) in [6.07, 6.45) is 0. The fourth-order valence-corrected chi connectivity index (χ4v) is 4.15. The van der Waals surface area contributed by atoms with Crippen LogP contribution in [0.1, 0.15) is 25.3 Å². The van der Waals surface area contributed by atoms with Crippen molar-refractivity contribution in [3.05, 3.63) is 59.5 Å². The van der Waals surface area contributed by atoms with Gasteiger partial charge in [-0.1, -0.05) is 32.0 Å². The van der Waals surface area contributed by atoms with Crippen LogP contribution in [0.2, 0.25) is 0 Å². The second kappa shape index (κ2) is 7.20. The van der Waals surface area contributed by atoms with E-state index in [4.69, 9.17) is 0 Å². The Morgan fingerprint density at radius 2 is 1.64 bits per heavy atom. The molecule has 0 radical (unpaired) electrons. The van der Waals surface area contributed by atoms with Gasteiger partial charge in [0.25, 0.3) is 10.0 Å². The molecule has 0 saturated heterocycles. The van der Waals surface area contributed by atoms with E-state index < -0.39 is 10.0 Å². The number of benzene rings is 1. The van der Waals surface area contributed by atoms with Crippen LogP contribution < -0.4 is 10.0 Å². The first-order chi connectivity index (χ1) is 11.9. The molecule has 3 aromatic rings. The number of anilines is 3. The number of hydrogen-bond donors (Lipinski definition) is 2. The summed E-state index contributed by atoms with van der Waals surface area (Å²) in [5.41, 5.74) is 2.15. The smallest absolute Gasteiger partial charge is 0.272 e. The van der Waals surface area contributed by atoms with Crippen LogP contribution in [0, 0.1) is 0 Å². The lowest BCUT2D eigenvalue weighted by Crippen LogP contribution is -2.13. The van der Waals surface area contributed by atoms with Crippen LogP contribution in [0.4, 0.5) is 17.3 Å². The molecule has 0 aliphatic rings. The maximum atomic E-state index is 12.1. The number of rotatable bonds is 6. The zero-order valence-corrected chi connectivity index (χ0v) is 15.4. The predicted octanol–water partition coefficient (Wildman–Crippen LogP) is 4.21. The van der Waals surface area contributed by atoms with Crippen LogP contribution in [0.5, 0.6) is 0 Å². The summed E-state index contributed by atoms with van der Waals surface area (Å²) in [6, 6.07) is 14.5. The highest BCUT2D eigenvalue weighted by atomic mass is 32.2. The van der Waals surface area contributed by atoms with E-state index in [1.165, 1.54) is 11.6 Å². The third kappa shape index (κ3) is 4.34. The molecular formula is C17H18N4O2S2. The van der Waals surface area contributed by atoms with Crippen LogP contribution >= 0.6 is 11.3 Å². The van der Waals surface area contributed by atoms with E-state index in [9.17, 15) is 8.42 Å². The minimum absolute atomic E-state index is 0.175. The van der Waals surface area contributed by atoms with Crippen LogP contribution in [-0.2, 0) is 10.0 Å². The second-order valence-electron chi connectivity index (χ2n) is 5.74. The van der Waals surface area contributed by atoms with Gasteiger partial charge in [-0.15, -0.1) is 21.5 Å². The number of sulfonamides is 1. The summed E-state index contributed by atoms with van der Waals surface area (Å²) >= 11 is 1.15. The molecule has 2 N–H and O–H groups in total. The molecule has 0 fully saturated rings. The lowest BCUT2D eigenvalue weighted by atomic mass is 10.0. The fraction of sp³-hybridized carbons (Fsp3) is 0.176. The highest BCUT2D eigenvalue weighted by Crippen LogP contribution is 2.21. The van der Waals surface area contributed by atoms with E-state index in [1.807, 2.05) is 12.1 Å². The first-order valence-corrected chi connectivity index (χ1v) is 10.1. The van der Waals surface area contributed by atoms with Gasteiger partial charge < -0.3 is 5.32 Å². The standard InChI is InChI=1S/C17H18N4O2S2/c1-12(2)13-5-7-14(8-6-13)18-15-9-10-16(20-19-15)21-25(22,23)17-4-3-11-24-17/h3-12H,1-2H3,(H,18,19)(H,20,21). The third-order valence-corrected chi connectivity index (χ3v) is 6.27. The average Bonchev–Trinajstić information content (AvgIpc) is 3.12. The normalized spacial score (nSPS) is 11.5. The molecule has 0 aliphatic carbocycles. The molecule has 0 spiro atoms. The first-order valence-electron chi connectivity index (χ1n) is 7.71. The lowest BCUT2D eigenvalue weighted by Gasteiger charge is -2.09. The SMILES string of the molecule is CC(C)c1ccc(Nc2ccc(NS(=O)(=O)c3cccs3)nn2)cc1. The molecule has 0 atom stereocenters. The minimum atomic E-state index is -3.61. The van der Waals surface area contributed by atoms with Gasteiger partial charge in [-0.3, -0.25) is 4.72 Å². The maximum Gasteiger partial charge on any atom is 0.272 e. The van der Waals surface area contributed by atoms with Crippen molar-refractivity contribution in [1.29, 1.82) is 0 Å². The van der Waals surface area contributed by atoms with Gasteiger partial charge in [0.05, 0.1) is 0 Å². The van der Waals surface area contributed by atoms with Gasteiger partial charge in [0, 0.05) is 5.69 Å². The molecule has 0 amide bonds. The zero-order chi connectivity index (χ0) is 17.9. The molecule has 1 aromatic carbocycles. The van der Waals surface area contributed by atoms with Crippen LogP contribution in [0.25, 0.3) is 0 Å². The highest BCUT2D eigenvalue weighted by Gasteiger charge is 2.15. The van der Waals surface area contributed by atoms with Crippen LogP contribution in [-0.4, -0.2) is 18.6 Å². The van der Waals surface area contributed by atoms with Crippen molar-refractivity contribution in [2.75, 3.05) is 10.0 Å². The van der Waals surface area contributed by atoms with Gasteiger partial charge in [0.15, 0.2) is 11.6 Å². The molecule has 3 rings (SSSR count). The van der Waals surface area contributed by atoms with Crippen molar-refractivity contribution in [3.63, 3.8) is 0 Å². The topological polar surface area (TPSA) is 84.0 Å². The van der Waals surface area contributed by atoms with Crippen molar-refractivity contribution in [1.82, 2.24) is 10.2 Å². The summed E-state index contributed by atoms with van der Waals surface area (Å²) < 4.78 is 26.9. The Morgan fingerprint density at radius 3 is 2.20 bits per heavy atom. The largest absolute Gasteiger partial charge is 0.339 e. The van der Waals surface area contributed by atoms with Crippen LogP contribution in [0.15, 0.2) is 58.1 Å². The lowest BCUT2D eigenvalue weighted by molar-refractivity contribution is 0.603. The number of hydrogen-bond acceptors (Lipinski definition) is 6. The molecule has 0 bridgehead atoms. The predicted molar refractivity (Wildman–Crippen MR) is 101 cm³/mol. The summed E-state index contributed by atoms with van der Waals surface area (Å²) in [4.78, 5) is 0. The molecule has 130 valence electrons. The Morgan fingerprint density at radius 1 is 0.960 bits per heavy atom. The highest BCUT2D eigenvalue weighted by molar-refractivity contribution is 7.94. The molecule has 2 heterocycles. The van der Waals surface area contributed by atoms with Crippen LogP contribution in [0.3, 0.4) is 0 Å². The van der Waals surface area contributed by atoms with Gasteiger partial charge in [-0.25, -0.2) is 8.42 Å². The van der Waals surface area contributed by atoms with Crippen molar-refractivity contribution in [2.45, 2.75) is 24.0 Å². The van der Waals surface area contributed by atoms with Crippen molar-refractivity contribution < 1.29 is 8.42 Å². The van der Waals surface area contributed by atoms with Crippen molar-refractivity contribution in [2.24, 2.45) is 0 Å². The molecular weight excluding hydrogens is 356 g/mol. The number of aromatic nitrogens is 2.